The van der Waals surface area contributed by atoms with Gasteiger partial charge in [-0.1, -0.05) is 13.8 Å². The Balaban J connectivity index is 2.17. The molecule has 1 atom stereocenters. The molecule has 0 aliphatic carbocycles. The normalized spacial score (nSPS) is 15.8. The molecule has 0 bridgehead atoms. The van der Waals surface area contributed by atoms with Gasteiger partial charge in [0.1, 0.15) is 11.6 Å². The van der Waals surface area contributed by atoms with Gasteiger partial charge < -0.3 is 20.1 Å². The first kappa shape index (κ1) is 17.5. The van der Waals surface area contributed by atoms with Crippen molar-refractivity contribution in [3.63, 3.8) is 0 Å². The maximum absolute atomic E-state index is 13.8. The summed E-state index contributed by atoms with van der Waals surface area (Å²) in [6.07, 6.45) is 0. The lowest BCUT2D eigenvalue weighted by molar-refractivity contribution is -0.0172. The lowest BCUT2D eigenvalue weighted by atomic mass is 10.1. The van der Waals surface area contributed by atoms with Crippen LogP contribution in [0.25, 0.3) is 0 Å². The minimum atomic E-state index is -0.295. The Bertz CT molecular complexity index is 561. The molecule has 0 spiro atoms. The smallest absolute Gasteiger partial charge is 0.191 e. The molecule has 0 saturated heterocycles. The molecule has 6 heteroatoms. The van der Waals surface area contributed by atoms with Gasteiger partial charge in [-0.2, -0.15) is 0 Å². The lowest BCUT2D eigenvalue weighted by Crippen LogP contribution is -2.44. The van der Waals surface area contributed by atoms with Crippen LogP contribution in [0.3, 0.4) is 0 Å². The largest absolute Gasteiger partial charge is 0.467 e. The number of ether oxygens (including phenoxy) is 2. The molecular formula is C17H26FN3O2. The number of aliphatic imine (C=N–C) groups is 1. The van der Waals surface area contributed by atoms with E-state index in [2.05, 4.69) is 36.4 Å². The quantitative estimate of drug-likeness (QED) is 0.646. The van der Waals surface area contributed by atoms with Gasteiger partial charge >= 0.3 is 0 Å². The molecule has 1 aromatic carbocycles. The van der Waals surface area contributed by atoms with Gasteiger partial charge in [-0.3, -0.25) is 0 Å². The zero-order chi connectivity index (χ0) is 16.8. The van der Waals surface area contributed by atoms with Crippen LogP contribution in [0.1, 0.15) is 38.8 Å². The van der Waals surface area contributed by atoms with Gasteiger partial charge in [0, 0.05) is 23.7 Å². The Labute approximate surface area is 137 Å². The van der Waals surface area contributed by atoms with E-state index in [0.29, 0.717) is 30.9 Å². The van der Waals surface area contributed by atoms with Gasteiger partial charge in [-0.25, -0.2) is 9.38 Å². The first-order valence-electron chi connectivity index (χ1n) is 8.08. The lowest BCUT2D eigenvalue weighted by Gasteiger charge is -2.22. The molecule has 2 N–H and O–H groups in total. The Morgan fingerprint density at radius 3 is 2.83 bits per heavy atom. The summed E-state index contributed by atoms with van der Waals surface area (Å²) >= 11 is 0. The predicted octanol–water partition coefficient (Wildman–Crippen LogP) is 2.79. The van der Waals surface area contributed by atoms with Crippen molar-refractivity contribution in [1.82, 2.24) is 10.6 Å². The first-order valence-corrected chi connectivity index (χ1v) is 8.08. The number of rotatable bonds is 5. The number of guanidine groups is 1. The third kappa shape index (κ3) is 4.82. The van der Waals surface area contributed by atoms with Crippen molar-refractivity contribution in [2.24, 2.45) is 10.9 Å². The number of hydrogen-bond donors (Lipinski definition) is 2. The van der Waals surface area contributed by atoms with Gasteiger partial charge in [0.25, 0.3) is 0 Å². The Morgan fingerprint density at radius 1 is 1.35 bits per heavy atom. The molecule has 5 nitrogen and oxygen atoms in total. The van der Waals surface area contributed by atoms with Crippen LogP contribution in [-0.2, 0) is 17.9 Å². The van der Waals surface area contributed by atoms with Crippen molar-refractivity contribution in [2.45, 2.75) is 46.9 Å². The molecule has 0 saturated carbocycles. The molecule has 1 aliphatic heterocycles. The van der Waals surface area contributed by atoms with Crippen molar-refractivity contribution < 1.29 is 13.9 Å². The van der Waals surface area contributed by atoms with Crippen LogP contribution in [-0.4, -0.2) is 25.3 Å². The first-order chi connectivity index (χ1) is 11.0. The van der Waals surface area contributed by atoms with Crippen molar-refractivity contribution in [1.29, 1.82) is 0 Å². The van der Waals surface area contributed by atoms with Crippen LogP contribution < -0.4 is 15.4 Å². The predicted molar refractivity (Wildman–Crippen MR) is 88.9 cm³/mol. The summed E-state index contributed by atoms with van der Waals surface area (Å²) in [5.74, 6) is 1.60. The highest BCUT2D eigenvalue weighted by molar-refractivity contribution is 5.80. The molecule has 23 heavy (non-hydrogen) atoms. The van der Waals surface area contributed by atoms with Crippen molar-refractivity contribution >= 4 is 5.96 Å². The summed E-state index contributed by atoms with van der Waals surface area (Å²) < 4.78 is 24.5. The second-order valence-corrected chi connectivity index (χ2v) is 6.04. The van der Waals surface area contributed by atoms with E-state index in [4.69, 9.17) is 9.47 Å². The minimum Gasteiger partial charge on any atom is -0.467 e. The molecule has 0 fully saturated rings. The van der Waals surface area contributed by atoms with Crippen molar-refractivity contribution in [3.8, 4) is 5.75 Å². The monoisotopic (exact) mass is 323 g/mol. The zero-order valence-electron chi connectivity index (χ0n) is 14.3. The summed E-state index contributed by atoms with van der Waals surface area (Å²) in [4.78, 5) is 4.56. The van der Waals surface area contributed by atoms with E-state index in [-0.39, 0.29) is 12.6 Å². The van der Waals surface area contributed by atoms with E-state index in [1.165, 1.54) is 12.1 Å². The Hall–Kier alpha value is -1.82. The minimum absolute atomic E-state index is 0.193. The standard InChI is InChI=1S/C17H26FN3O2/c1-5-19-17(21-12(4)11(2)3)20-8-13-6-15(18)7-14-9-22-10-23-16(13)14/h6-7,11-12H,5,8-10H2,1-4H3,(H2,19,20,21). The van der Waals surface area contributed by atoms with E-state index < -0.39 is 0 Å². The van der Waals surface area contributed by atoms with Gasteiger partial charge in [0.2, 0.25) is 0 Å². The summed E-state index contributed by atoms with van der Waals surface area (Å²) in [6.45, 7) is 10.1. The molecule has 1 aromatic rings. The number of nitrogens with one attached hydrogen (secondary N) is 2. The maximum atomic E-state index is 13.8. The zero-order valence-corrected chi connectivity index (χ0v) is 14.3. The molecule has 1 unspecified atom stereocenters. The van der Waals surface area contributed by atoms with Gasteiger partial charge in [-0.05, 0) is 31.9 Å². The molecular weight excluding hydrogens is 297 g/mol. The number of nitrogens with zero attached hydrogens (tertiary/aromatic N) is 1. The van der Waals surface area contributed by atoms with E-state index in [1.54, 1.807) is 0 Å². The average molecular weight is 323 g/mol. The van der Waals surface area contributed by atoms with Crippen molar-refractivity contribution in [2.75, 3.05) is 13.3 Å². The highest BCUT2D eigenvalue weighted by Gasteiger charge is 2.17. The summed E-state index contributed by atoms with van der Waals surface area (Å²) in [5.41, 5.74) is 1.47. The summed E-state index contributed by atoms with van der Waals surface area (Å²) in [7, 11) is 0. The van der Waals surface area contributed by atoms with Crippen LogP contribution in [0.15, 0.2) is 17.1 Å². The third-order valence-electron chi connectivity index (χ3n) is 3.87. The summed E-state index contributed by atoms with van der Waals surface area (Å²) in [5, 5.41) is 6.57. The van der Waals surface area contributed by atoms with Crippen LogP contribution in [0, 0.1) is 11.7 Å². The second-order valence-electron chi connectivity index (χ2n) is 6.04. The maximum Gasteiger partial charge on any atom is 0.191 e. The van der Waals surface area contributed by atoms with E-state index in [1.807, 2.05) is 6.92 Å². The number of hydrogen-bond acceptors (Lipinski definition) is 3. The second kappa shape index (κ2) is 8.15. The average Bonchev–Trinajstić information content (AvgIpc) is 2.52. The highest BCUT2D eigenvalue weighted by atomic mass is 19.1. The number of fused-ring (bicyclic) bond motifs is 1. The highest BCUT2D eigenvalue weighted by Crippen LogP contribution is 2.29. The van der Waals surface area contributed by atoms with E-state index >= 15 is 0 Å². The molecule has 0 aromatic heterocycles. The van der Waals surface area contributed by atoms with Gasteiger partial charge in [0.15, 0.2) is 12.8 Å². The number of halogens is 1. The van der Waals surface area contributed by atoms with Crippen LogP contribution in [0.2, 0.25) is 0 Å². The fourth-order valence-corrected chi connectivity index (χ4v) is 2.24. The van der Waals surface area contributed by atoms with Crippen molar-refractivity contribution in [3.05, 3.63) is 29.1 Å². The summed E-state index contributed by atoms with van der Waals surface area (Å²) in [6, 6.07) is 3.22. The molecule has 0 radical (unpaired) electrons. The molecule has 1 aliphatic rings. The number of benzene rings is 1. The van der Waals surface area contributed by atoms with E-state index in [9.17, 15) is 4.39 Å². The van der Waals surface area contributed by atoms with Gasteiger partial charge in [-0.15, -0.1) is 0 Å². The van der Waals surface area contributed by atoms with Crippen LogP contribution >= 0.6 is 0 Å². The van der Waals surface area contributed by atoms with E-state index in [0.717, 1.165) is 23.6 Å². The van der Waals surface area contributed by atoms with Crippen LogP contribution in [0.4, 0.5) is 4.39 Å². The molecule has 128 valence electrons. The molecule has 0 amide bonds. The Kier molecular flexibility index (Phi) is 6.21. The molecule has 2 rings (SSSR count). The van der Waals surface area contributed by atoms with Crippen LogP contribution in [0.5, 0.6) is 5.75 Å². The Morgan fingerprint density at radius 2 is 2.13 bits per heavy atom. The fraction of sp³-hybridized carbons (Fsp3) is 0.588. The fourth-order valence-electron chi connectivity index (χ4n) is 2.24. The topological polar surface area (TPSA) is 54.9 Å². The van der Waals surface area contributed by atoms with Gasteiger partial charge in [0.05, 0.1) is 13.2 Å². The SMILES string of the molecule is CCNC(=NCc1cc(F)cc2c1OCOC2)NC(C)C(C)C. The third-order valence-corrected chi connectivity index (χ3v) is 3.87. The molecule has 1 heterocycles.